The van der Waals surface area contributed by atoms with Gasteiger partial charge in [0.2, 0.25) is 11.7 Å². The number of hydrogen-bond donors (Lipinski definition) is 0. The van der Waals surface area contributed by atoms with Crippen molar-refractivity contribution in [1.82, 2.24) is 15.0 Å². The maximum Gasteiger partial charge on any atom is 0.293 e. The molecule has 1 fully saturated rings. The number of nitrogens with zero attached hydrogens (tertiary/aromatic N) is 3. The van der Waals surface area contributed by atoms with E-state index in [1.807, 2.05) is 66.4 Å². The molecule has 28 heavy (non-hydrogen) atoms. The highest BCUT2D eigenvalue weighted by Gasteiger charge is 2.32. The second kappa shape index (κ2) is 7.84. The Hall–Kier alpha value is -3.15. The average molecular weight is 377 g/mol. The molecular weight excluding hydrogens is 354 g/mol. The summed E-state index contributed by atoms with van der Waals surface area (Å²) in [5, 5.41) is 4.69. The quantitative estimate of drug-likeness (QED) is 0.698. The number of carbonyl (C=O) groups excluding carboxylic acids is 2. The van der Waals surface area contributed by atoms with Crippen LogP contribution in [0.5, 0.6) is 0 Å². The molecule has 0 unspecified atom stereocenters. The van der Waals surface area contributed by atoms with Gasteiger partial charge in [-0.05, 0) is 24.1 Å². The van der Waals surface area contributed by atoms with Crippen LogP contribution in [0.3, 0.4) is 0 Å². The van der Waals surface area contributed by atoms with Crippen molar-refractivity contribution in [3.8, 4) is 0 Å². The lowest BCUT2D eigenvalue weighted by Crippen LogP contribution is -2.43. The molecule has 1 aliphatic rings. The number of benzene rings is 2. The molecule has 6 nitrogen and oxygen atoms in total. The lowest BCUT2D eigenvalue weighted by atomic mass is 10.1. The van der Waals surface area contributed by atoms with Crippen LogP contribution in [0.4, 0.5) is 0 Å². The van der Waals surface area contributed by atoms with Crippen LogP contribution in [0, 0.1) is 0 Å². The van der Waals surface area contributed by atoms with Gasteiger partial charge in [-0.15, -0.1) is 0 Å². The minimum atomic E-state index is -0.207. The highest BCUT2D eigenvalue weighted by atomic mass is 16.5. The minimum Gasteiger partial charge on any atom is -0.350 e. The second-order valence-corrected chi connectivity index (χ2v) is 7.10. The highest BCUT2D eigenvalue weighted by molar-refractivity contribution is 6.03. The number of amides is 2. The van der Waals surface area contributed by atoms with E-state index in [9.17, 15) is 9.59 Å². The number of rotatable bonds is 4. The number of fused-ring (bicyclic) bond motifs is 1. The van der Waals surface area contributed by atoms with Crippen LogP contribution >= 0.6 is 0 Å². The average Bonchev–Trinajstić information content (AvgIpc) is 3.10. The smallest absolute Gasteiger partial charge is 0.293 e. The first-order valence-electron chi connectivity index (χ1n) is 9.64. The molecule has 144 valence electrons. The first-order chi connectivity index (χ1) is 13.7. The third-order valence-electron chi connectivity index (χ3n) is 5.32. The molecule has 2 amide bonds. The van der Waals surface area contributed by atoms with E-state index in [0.717, 1.165) is 12.0 Å². The highest BCUT2D eigenvalue weighted by Crippen LogP contribution is 2.23. The predicted molar refractivity (Wildman–Crippen MR) is 106 cm³/mol. The van der Waals surface area contributed by atoms with Crippen LogP contribution < -0.4 is 0 Å². The van der Waals surface area contributed by atoms with Gasteiger partial charge in [0.1, 0.15) is 5.52 Å². The van der Waals surface area contributed by atoms with E-state index < -0.39 is 0 Å². The Morgan fingerprint density at radius 3 is 2.68 bits per heavy atom. The Morgan fingerprint density at radius 1 is 1.14 bits per heavy atom. The summed E-state index contributed by atoms with van der Waals surface area (Å²) in [5.41, 5.74) is 1.75. The first-order valence-corrected chi connectivity index (χ1v) is 9.64. The standard InChI is InChI=1S/C22H23N3O3/c1-2-17-15-24(22(27)21-18-10-6-7-11-19(18)23-28-21)13-12-20(26)25(17)14-16-8-4-3-5-9-16/h3-11,17H,2,12-15H2,1H3/t17-/m0/s1. The van der Waals surface area contributed by atoms with E-state index in [4.69, 9.17) is 4.52 Å². The molecule has 1 saturated heterocycles. The molecule has 1 aliphatic heterocycles. The van der Waals surface area contributed by atoms with Crippen LogP contribution in [-0.4, -0.2) is 45.9 Å². The van der Waals surface area contributed by atoms with Crippen LogP contribution in [-0.2, 0) is 11.3 Å². The molecule has 3 aromatic rings. The molecule has 0 bridgehead atoms. The van der Waals surface area contributed by atoms with Gasteiger partial charge < -0.3 is 14.3 Å². The summed E-state index contributed by atoms with van der Waals surface area (Å²) in [6, 6.07) is 17.3. The molecule has 1 atom stereocenters. The maximum atomic E-state index is 13.1. The summed E-state index contributed by atoms with van der Waals surface area (Å²) in [4.78, 5) is 29.6. The Kier molecular flexibility index (Phi) is 5.10. The minimum absolute atomic E-state index is 0.0339. The fourth-order valence-electron chi connectivity index (χ4n) is 3.74. The summed E-state index contributed by atoms with van der Waals surface area (Å²) in [5.74, 6) is 0.115. The van der Waals surface area contributed by atoms with E-state index in [0.29, 0.717) is 37.0 Å². The summed E-state index contributed by atoms with van der Waals surface area (Å²) in [6.07, 6.45) is 1.08. The maximum absolute atomic E-state index is 13.1. The number of aromatic nitrogens is 1. The largest absolute Gasteiger partial charge is 0.350 e. The van der Waals surface area contributed by atoms with E-state index in [2.05, 4.69) is 5.16 Å². The Balaban J connectivity index is 1.57. The molecule has 1 aromatic heterocycles. The molecule has 0 aliphatic carbocycles. The van der Waals surface area contributed by atoms with Crippen molar-refractivity contribution in [1.29, 1.82) is 0 Å². The topological polar surface area (TPSA) is 66.7 Å². The van der Waals surface area contributed by atoms with Gasteiger partial charge in [0, 0.05) is 32.1 Å². The van der Waals surface area contributed by atoms with Crippen LogP contribution in [0.25, 0.3) is 10.9 Å². The van der Waals surface area contributed by atoms with E-state index in [-0.39, 0.29) is 23.6 Å². The molecule has 2 heterocycles. The van der Waals surface area contributed by atoms with Crippen molar-refractivity contribution < 1.29 is 14.1 Å². The molecular formula is C22H23N3O3. The van der Waals surface area contributed by atoms with Gasteiger partial charge in [0.15, 0.2) is 0 Å². The molecule has 0 radical (unpaired) electrons. The molecule has 4 rings (SSSR count). The van der Waals surface area contributed by atoms with Crippen LogP contribution in [0.1, 0.15) is 35.9 Å². The van der Waals surface area contributed by atoms with Crippen molar-refractivity contribution in [3.63, 3.8) is 0 Å². The monoisotopic (exact) mass is 377 g/mol. The van der Waals surface area contributed by atoms with Crippen LogP contribution in [0.2, 0.25) is 0 Å². The molecule has 6 heteroatoms. The van der Waals surface area contributed by atoms with Gasteiger partial charge in [-0.2, -0.15) is 0 Å². The summed E-state index contributed by atoms with van der Waals surface area (Å²) < 4.78 is 5.35. The predicted octanol–water partition coefficient (Wildman–Crippen LogP) is 3.48. The number of carbonyl (C=O) groups is 2. The van der Waals surface area contributed by atoms with Crippen molar-refractivity contribution in [3.05, 3.63) is 65.9 Å². The summed E-state index contributed by atoms with van der Waals surface area (Å²) in [6.45, 7) is 3.48. The summed E-state index contributed by atoms with van der Waals surface area (Å²) >= 11 is 0. The fraction of sp³-hybridized carbons (Fsp3) is 0.318. The SMILES string of the molecule is CC[C@H]1CN(C(=O)c2onc3ccccc23)CCC(=O)N1Cc1ccccc1. The lowest BCUT2D eigenvalue weighted by molar-refractivity contribution is -0.133. The lowest BCUT2D eigenvalue weighted by Gasteiger charge is -2.31. The van der Waals surface area contributed by atoms with Crippen molar-refractivity contribution in [2.75, 3.05) is 13.1 Å². The third-order valence-corrected chi connectivity index (χ3v) is 5.32. The molecule has 0 saturated carbocycles. The number of hydrogen-bond acceptors (Lipinski definition) is 4. The van der Waals surface area contributed by atoms with Crippen molar-refractivity contribution in [2.45, 2.75) is 32.4 Å². The third kappa shape index (κ3) is 3.50. The summed E-state index contributed by atoms with van der Waals surface area (Å²) in [7, 11) is 0. The molecule has 2 aromatic carbocycles. The zero-order chi connectivity index (χ0) is 19.5. The molecule has 0 N–H and O–H groups in total. The second-order valence-electron chi connectivity index (χ2n) is 7.10. The Bertz CT molecular complexity index is 983. The zero-order valence-corrected chi connectivity index (χ0v) is 15.9. The van der Waals surface area contributed by atoms with Crippen molar-refractivity contribution >= 4 is 22.7 Å². The fourth-order valence-corrected chi connectivity index (χ4v) is 3.74. The Morgan fingerprint density at radius 2 is 1.89 bits per heavy atom. The van der Waals surface area contributed by atoms with Gasteiger partial charge in [-0.1, -0.05) is 54.5 Å². The van der Waals surface area contributed by atoms with Gasteiger partial charge in [-0.25, -0.2) is 0 Å². The van der Waals surface area contributed by atoms with E-state index in [1.54, 1.807) is 4.90 Å². The first kappa shape index (κ1) is 18.2. The van der Waals surface area contributed by atoms with E-state index >= 15 is 0 Å². The van der Waals surface area contributed by atoms with Gasteiger partial charge in [0.25, 0.3) is 5.91 Å². The Labute approximate surface area is 163 Å². The van der Waals surface area contributed by atoms with Gasteiger partial charge >= 0.3 is 0 Å². The van der Waals surface area contributed by atoms with Crippen molar-refractivity contribution in [2.24, 2.45) is 0 Å². The molecule has 0 spiro atoms. The van der Waals surface area contributed by atoms with Crippen LogP contribution in [0.15, 0.2) is 59.1 Å². The van der Waals surface area contributed by atoms with Gasteiger partial charge in [-0.3, -0.25) is 9.59 Å². The van der Waals surface area contributed by atoms with Gasteiger partial charge in [0.05, 0.1) is 5.39 Å². The zero-order valence-electron chi connectivity index (χ0n) is 15.9. The van der Waals surface area contributed by atoms with E-state index in [1.165, 1.54) is 0 Å². The normalized spacial score (nSPS) is 17.8.